The van der Waals surface area contributed by atoms with Crippen molar-refractivity contribution in [3.05, 3.63) is 29.8 Å². The van der Waals surface area contributed by atoms with Crippen LogP contribution in [0.5, 0.6) is 0 Å². The van der Waals surface area contributed by atoms with E-state index in [2.05, 4.69) is 55.3 Å². The fraction of sp³-hybridized carbons (Fsp3) is 0.600. The predicted octanol–water partition coefficient (Wildman–Crippen LogP) is 3.17. The van der Waals surface area contributed by atoms with Crippen LogP contribution in [0.25, 0.3) is 0 Å². The molecule has 1 heterocycles. The van der Waals surface area contributed by atoms with E-state index in [1.165, 1.54) is 37.2 Å². The largest absolute Gasteiger partial charge is 0.371 e. The molecule has 1 saturated heterocycles. The molecule has 2 heteroatoms. The van der Waals surface area contributed by atoms with Gasteiger partial charge in [-0.05, 0) is 45.2 Å². The predicted molar refractivity (Wildman–Crippen MR) is 74.5 cm³/mol. The number of nitrogens with zero attached hydrogens (tertiary/aromatic N) is 1. The molecule has 2 nitrogen and oxygen atoms in total. The number of nitrogens with one attached hydrogen (secondary N) is 1. The van der Waals surface area contributed by atoms with Gasteiger partial charge in [-0.1, -0.05) is 18.2 Å². The zero-order valence-electron chi connectivity index (χ0n) is 11.3. The minimum absolute atomic E-state index is 0.179. The molecule has 17 heavy (non-hydrogen) atoms. The maximum atomic E-state index is 3.58. The fourth-order valence-electron chi connectivity index (χ4n) is 2.29. The molecule has 0 unspecified atom stereocenters. The van der Waals surface area contributed by atoms with Gasteiger partial charge in [0, 0.05) is 30.9 Å². The highest BCUT2D eigenvalue weighted by Gasteiger charge is 2.16. The number of rotatable bonds is 3. The van der Waals surface area contributed by atoms with Crippen molar-refractivity contribution in [2.75, 3.05) is 18.0 Å². The molecule has 1 aromatic carbocycles. The van der Waals surface area contributed by atoms with Gasteiger partial charge in [0.1, 0.15) is 0 Å². The summed E-state index contributed by atoms with van der Waals surface area (Å²) in [5.74, 6) is 0. The lowest BCUT2D eigenvalue weighted by Crippen LogP contribution is -2.35. The van der Waals surface area contributed by atoms with Gasteiger partial charge in [0.2, 0.25) is 0 Å². The lowest BCUT2D eigenvalue weighted by Gasteiger charge is -2.25. The third-order valence-electron chi connectivity index (χ3n) is 3.25. The van der Waals surface area contributed by atoms with Crippen LogP contribution in [0.4, 0.5) is 5.69 Å². The number of hydrogen-bond acceptors (Lipinski definition) is 2. The Labute approximate surface area is 105 Å². The summed E-state index contributed by atoms with van der Waals surface area (Å²) < 4.78 is 0. The molecule has 0 aliphatic carbocycles. The van der Waals surface area contributed by atoms with E-state index < -0.39 is 0 Å². The van der Waals surface area contributed by atoms with Gasteiger partial charge in [-0.25, -0.2) is 0 Å². The molecule has 0 radical (unpaired) electrons. The van der Waals surface area contributed by atoms with E-state index in [-0.39, 0.29) is 5.54 Å². The van der Waals surface area contributed by atoms with Gasteiger partial charge in [-0.3, -0.25) is 0 Å². The second-order valence-corrected chi connectivity index (χ2v) is 5.93. The summed E-state index contributed by atoms with van der Waals surface area (Å²) in [5.41, 5.74) is 3.02. The minimum atomic E-state index is 0.179. The molecule has 0 saturated carbocycles. The van der Waals surface area contributed by atoms with E-state index in [4.69, 9.17) is 0 Å². The monoisotopic (exact) mass is 232 g/mol. The molecular formula is C15H24N2. The van der Waals surface area contributed by atoms with Crippen LogP contribution in [-0.2, 0) is 6.54 Å². The number of para-hydroxylation sites is 1. The highest BCUT2D eigenvalue weighted by molar-refractivity contribution is 5.54. The molecule has 0 aromatic heterocycles. The molecule has 1 aliphatic rings. The number of benzene rings is 1. The summed E-state index contributed by atoms with van der Waals surface area (Å²) >= 11 is 0. The third kappa shape index (κ3) is 3.47. The van der Waals surface area contributed by atoms with Crippen molar-refractivity contribution in [2.45, 2.75) is 45.7 Å². The first-order valence-electron chi connectivity index (χ1n) is 6.64. The molecule has 1 aromatic rings. The maximum absolute atomic E-state index is 3.58. The summed E-state index contributed by atoms with van der Waals surface area (Å²) in [6, 6.07) is 8.78. The van der Waals surface area contributed by atoms with Gasteiger partial charge in [0.25, 0.3) is 0 Å². The summed E-state index contributed by atoms with van der Waals surface area (Å²) in [5, 5.41) is 3.58. The standard InChI is InChI=1S/C15H24N2/c1-15(2,3)16-12-13-8-4-5-9-14(13)17-10-6-7-11-17/h4-5,8-9,16H,6-7,10-12H2,1-3H3. The first-order valence-corrected chi connectivity index (χ1v) is 6.64. The van der Waals surface area contributed by atoms with Crippen LogP contribution in [0.3, 0.4) is 0 Å². The highest BCUT2D eigenvalue weighted by atomic mass is 15.1. The average Bonchev–Trinajstić information content (AvgIpc) is 2.79. The van der Waals surface area contributed by atoms with Gasteiger partial charge in [0.05, 0.1) is 0 Å². The van der Waals surface area contributed by atoms with Crippen LogP contribution < -0.4 is 10.2 Å². The minimum Gasteiger partial charge on any atom is -0.371 e. The van der Waals surface area contributed by atoms with Crippen molar-refractivity contribution < 1.29 is 0 Å². The molecular weight excluding hydrogens is 208 g/mol. The summed E-state index contributed by atoms with van der Waals surface area (Å²) in [4.78, 5) is 2.51. The molecule has 1 fully saturated rings. The van der Waals surface area contributed by atoms with Gasteiger partial charge in [0.15, 0.2) is 0 Å². The van der Waals surface area contributed by atoms with Crippen molar-refractivity contribution in [2.24, 2.45) is 0 Å². The normalized spacial score (nSPS) is 16.5. The molecule has 0 spiro atoms. The number of hydrogen-bond donors (Lipinski definition) is 1. The van der Waals surface area contributed by atoms with Gasteiger partial charge in [-0.2, -0.15) is 0 Å². The van der Waals surface area contributed by atoms with Crippen molar-refractivity contribution in [1.29, 1.82) is 0 Å². The topological polar surface area (TPSA) is 15.3 Å². The quantitative estimate of drug-likeness (QED) is 0.861. The SMILES string of the molecule is CC(C)(C)NCc1ccccc1N1CCCC1. The van der Waals surface area contributed by atoms with Crippen LogP contribution in [0, 0.1) is 0 Å². The Morgan fingerprint density at radius 2 is 1.76 bits per heavy atom. The molecule has 0 atom stereocenters. The maximum Gasteiger partial charge on any atom is 0.0411 e. The molecule has 2 rings (SSSR count). The van der Waals surface area contributed by atoms with Crippen molar-refractivity contribution in [3.63, 3.8) is 0 Å². The zero-order valence-corrected chi connectivity index (χ0v) is 11.3. The Balaban J connectivity index is 2.10. The Morgan fingerprint density at radius 3 is 2.41 bits per heavy atom. The lowest BCUT2D eigenvalue weighted by molar-refractivity contribution is 0.424. The molecule has 0 bridgehead atoms. The van der Waals surface area contributed by atoms with Crippen molar-refractivity contribution in [3.8, 4) is 0 Å². The molecule has 0 amide bonds. The summed E-state index contributed by atoms with van der Waals surface area (Å²) in [7, 11) is 0. The number of anilines is 1. The van der Waals surface area contributed by atoms with E-state index >= 15 is 0 Å². The fourth-order valence-corrected chi connectivity index (χ4v) is 2.29. The Morgan fingerprint density at radius 1 is 1.12 bits per heavy atom. The second-order valence-electron chi connectivity index (χ2n) is 5.93. The van der Waals surface area contributed by atoms with Crippen LogP contribution in [0.15, 0.2) is 24.3 Å². The first kappa shape index (κ1) is 12.4. The average molecular weight is 232 g/mol. The summed E-state index contributed by atoms with van der Waals surface area (Å²) in [6.45, 7) is 10.0. The Hall–Kier alpha value is -1.02. The lowest BCUT2D eigenvalue weighted by atomic mass is 10.1. The van der Waals surface area contributed by atoms with Crippen molar-refractivity contribution in [1.82, 2.24) is 5.32 Å². The highest BCUT2D eigenvalue weighted by Crippen LogP contribution is 2.24. The van der Waals surface area contributed by atoms with Crippen molar-refractivity contribution >= 4 is 5.69 Å². The van der Waals surface area contributed by atoms with Crippen LogP contribution in [0.1, 0.15) is 39.2 Å². The van der Waals surface area contributed by atoms with E-state index in [1.54, 1.807) is 0 Å². The van der Waals surface area contributed by atoms with E-state index in [0.29, 0.717) is 0 Å². The van der Waals surface area contributed by atoms with Gasteiger partial charge < -0.3 is 10.2 Å². The van der Waals surface area contributed by atoms with Crippen LogP contribution >= 0.6 is 0 Å². The van der Waals surface area contributed by atoms with Gasteiger partial charge in [-0.15, -0.1) is 0 Å². The zero-order chi connectivity index (χ0) is 12.3. The van der Waals surface area contributed by atoms with Gasteiger partial charge >= 0.3 is 0 Å². The molecule has 1 N–H and O–H groups in total. The van der Waals surface area contributed by atoms with Crippen LogP contribution in [0.2, 0.25) is 0 Å². The van der Waals surface area contributed by atoms with E-state index in [9.17, 15) is 0 Å². The van der Waals surface area contributed by atoms with E-state index in [1.807, 2.05) is 0 Å². The molecule has 1 aliphatic heterocycles. The Bertz CT molecular complexity index is 359. The third-order valence-corrected chi connectivity index (χ3v) is 3.25. The smallest absolute Gasteiger partial charge is 0.0411 e. The van der Waals surface area contributed by atoms with Crippen LogP contribution in [-0.4, -0.2) is 18.6 Å². The first-order chi connectivity index (χ1) is 8.06. The molecule has 94 valence electrons. The van der Waals surface area contributed by atoms with E-state index in [0.717, 1.165) is 6.54 Å². The Kier molecular flexibility index (Phi) is 3.72. The second kappa shape index (κ2) is 5.09. The summed E-state index contributed by atoms with van der Waals surface area (Å²) in [6.07, 6.45) is 2.67.